The molecule has 0 amide bonds. The number of nitrogens with one attached hydrogen (secondary N) is 1. The quantitative estimate of drug-likeness (QED) is 0.775. The van der Waals surface area contributed by atoms with Gasteiger partial charge in [-0.3, -0.25) is 0 Å². The van der Waals surface area contributed by atoms with Gasteiger partial charge in [-0.25, -0.2) is 9.67 Å². The first kappa shape index (κ1) is 15.1. The molecule has 1 aliphatic rings. The van der Waals surface area contributed by atoms with E-state index in [1.807, 2.05) is 30.3 Å². The van der Waals surface area contributed by atoms with Crippen LogP contribution >= 0.6 is 0 Å². The molecule has 0 bridgehead atoms. The van der Waals surface area contributed by atoms with Crippen LogP contribution in [0.3, 0.4) is 0 Å². The second kappa shape index (κ2) is 6.19. The van der Waals surface area contributed by atoms with E-state index in [9.17, 15) is 5.11 Å². The van der Waals surface area contributed by atoms with Gasteiger partial charge >= 0.3 is 0 Å². The highest BCUT2D eigenvalue weighted by Crippen LogP contribution is 2.32. The number of rotatable bonds is 4. The van der Waals surface area contributed by atoms with Crippen LogP contribution in [0.25, 0.3) is 5.69 Å². The molecule has 0 spiro atoms. The summed E-state index contributed by atoms with van der Waals surface area (Å²) in [5.74, 6) is 0. The lowest BCUT2D eigenvalue weighted by molar-refractivity contribution is 0.136. The van der Waals surface area contributed by atoms with E-state index < -0.39 is 6.10 Å². The molecule has 5 nitrogen and oxygen atoms in total. The van der Waals surface area contributed by atoms with E-state index in [0.29, 0.717) is 0 Å². The van der Waals surface area contributed by atoms with E-state index in [4.69, 9.17) is 0 Å². The molecule has 0 fully saturated rings. The zero-order chi connectivity index (χ0) is 16.5. The summed E-state index contributed by atoms with van der Waals surface area (Å²) < 4.78 is 1.74. The van der Waals surface area contributed by atoms with Crippen LogP contribution in [0, 0.1) is 0 Å². The normalized spacial score (nSPS) is 20.8. The first-order valence-corrected chi connectivity index (χ1v) is 8.19. The molecule has 122 valence electrons. The topological polar surface area (TPSA) is 63.0 Å². The van der Waals surface area contributed by atoms with Crippen molar-refractivity contribution in [3.8, 4) is 5.69 Å². The van der Waals surface area contributed by atoms with Gasteiger partial charge < -0.3 is 10.4 Å². The van der Waals surface area contributed by atoms with Crippen molar-refractivity contribution < 1.29 is 5.11 Å². The molecule has 3 atom stereocenters. The summed E-state index contributed by atoms with van der Waals surface area (Å²) in [6, 6.07) is 16.6. The molecular weight excluding hydrogens is 300 g/mol. The third-order valence-corrected chi connectivity index (χ3v) is 4.74. The van der Waals surface area contributed by atoms with Crippen molar-refractivity contribution in [3.05, 3.63) is 77.9 Å². The highest BCUT2D eigenvalue weighted by molar-refractivity contribution is 5.37. The molecule has 2 N–H and O–H groups in total. The summed E-state index contributed by atoms with van der Waals surface area (Å²) in [4.78, 5) is 3.96. The van der Waals surface area contributed by atoms with Crippen LogP contribution in [-0.2, 0) is 6.42 Å². The molecule has 2 aromatic carbocycles. The van der Waals surface area contributed by atoms with E-state index in [0.717, 1.165) is 17.7 Å². The molecule has 3 aromatic rings. The van der Waals surface area contributed by atoms with Crippen LogP contribution in [-0.4, -0.2) is 25.9 Å². The van der Waals surface area contributed by atoms with Crippen LogP contribution in [0.4, 0.5) is 0 Å². The highest BCUT2D eigenvalue weighted by Gasteiger charge is 2.31. The second-order valence-electron chi connectivity index (χ2n) is 6.27. The number of nitrogens with zero attached hydrogens (tertiary/aromatic N) is 3. The Hall–Kier alpha value is -2.50. The number of aromatic nitrogens is 3. The third kappa shape index (κ3) is 2.72. The summed E-state index contributed by atoms with van der Waals surface area (Å²) in [7, 11) is 0. The average molecular weight is 320 g/mol. The largest absolute Gasteiger partial charge is 0.387 e. The Bertz CT molecular complexity index is 814. The fourth-order valence-corrected chi connectivity index (χ4v) is 3.40. The van der Waals surface area contributed by atoms with Crippen LogP contribution in [0.2, 0.25) is 0 Å². The fraction of sp³-hybridized carbons (Fsp3) is 0.263. The smallest absolute Gasteiger partial charge is 0.138 e. The van der Waals surface area contributed by atoms with Crippen LogP contribution in [0.1, 0.15) is 35.8 Å². The number of aliphatic hydroxyl groups is 1. The van der Waals surface area contributed by atoms with Gasteiger partial charge in [0.2, 0.25) is 0 Å². The Labute approximate surface area is 141 Å². The lowest BCUT2D eigenvalue weighted by Crippen LogP contribution is -2.34. The zero-order valence-electron chi connectivity index (χ0n) is 13.5. The molecule has 1 heterocycles. The molecule has 0 radical (unpaired) electrons. The van der Waals surface area contributed by atoms with Crippen LogP contribution in [0.5, 0.6) is 0 Å². The Balaban J connectivity index is 1.46. The maximum absolute atomic E-state index is 10.5. The molecule has 0 aliphatic heterocycles. The predicted molar refractivity (Wildman–Crippen MR) is 91.8 cm³/mol. The maximum atomic E-state index is 10.5. The maximum Gasteiger partial charge on any atom is 0.138 e. The van der Waals surface area contributed by atoms with Gasteiger partial charge in [-0.15, -0.1) is 0 Å². The minimum absolute atomic E-state index is 0.0485. The summed E-state index contributed by atoms with van der Waals surface area (Å²) >= 11 is 0. The van der Waals surface area contributed by atoms with Gasteiger partial charge in [0, 0.05) is 12.1 Å². The van der Waals surface area contributed by atoms with Crippen LogP contribution < -0.4 is 5.32 Å². The Morgan fingerprint density at radius 3 is 2.67 bits per heavy atom. The standard InChI is InChI=1S/C19H20N4O/c1-13(14-6-8-16(9-7-14)23-12-20-11-21-23)22-18-10-15-4-2-3-5-17(15)19(18)24/h2-9,11-13,18-19,22,24H,10H2,1H3. The minimum Gasteiger partial charge on any atom is -0.387 e. The molecule has 3 unspecified atom stereocenters. The van der Waals surface area contributed by atoms with Crippen LogP contribution in [0.15, 0.2) is 61.2 Å². The van der Waals surface area contributed by atoms with Gasteiger partial charge in [0.15, 0.2) is 0 Å². The Kier molecular flexibility index (Phi) is 3.88. The van der Waals surface area contributed by atoms with Crippen molar-refractivity contribution in [1.29, 1.82) is 0 Å². The molecule has 0 saturated heterocycles. The van der Waals surface area contributed by atoms with Gasteiger partial charge in [0.05, 0.1) is 11.8 Å². The third-order valence-electron chi connectivity index (χ3n) is 4.74. The van der Waals surface area contributed by atoms with Crippen molar-refractivity contribution in [2.75, 3.05) is 0 Å². The summed E-state index contributed by atoms with van der Waals surface area (Å²) in [5.41, 5.74) is 4.44. The summed E-state index contributed by atoms with van der Waals surface area (Å²) in [6.45, 7) is 2.13. The molecule has 1 aliphatic carbocycles. The number of hydrogen-bond acceptors (Lipinski definition) is 4. The lowest BCUT2D eigenvalue weighted by Gasteiger charge is -2.23. The first-order valence-electron chi connectivity index (χ1n) is 8.19. The Morgan fingerprint density at radius 2 is 1.96 bits per heavy atom. The molecule has 0 saturated carbocycles. The van der Waals surface area contributed by atoms with Crippen molar-refractivity contribution in [2.24, 2.45) is 0 Å². The highest BCUT2D eigenvalue weighted by atomic mass is 16.3. The van der Waals surface area contributed by atoms with E-state index in [1.165, 1.54) is 17.5 Å². The van der Waals surface area contributed by atoms with Crippen molar-refractivity contribution in [3.63, 3.8) is 0 Å². The van der Waals surface area contributed by atoms with Crippen molar-refractivity contribution in [2.45, 2.75) is 31.5 Å². The summed E-state index contributed by atoms with van der Waals surface area (Å²) in [6.07, 6.45) is 3.62. The van der Waals surface area contributed by atoms with E-state index >= 15 is 0 Å². The minimum atomic E-state index is -0.446. The number of fused-ring (bicyclic) bond motifs is 1. The van der Waals surface area contributed by atoms with Crippen molar-refractivity contribution in [1.82, 2.24) is 20.1 Å². The summed E-state index contributed by atoms with van der Waals surface area (Å²) in [5, 5.41) is 18.2. The van der Waals surface area contributed by atoms with Gasteiger partial charge in [-0.2, -0.15) is 5.10 Å². The van der Waals surface area contributed by atoms with Gasteiger partial charge in [0.25, 0.3) is 0 Å². The van der Waals surface area contributed by atoms with Crippen molar-refractivity contribution >= 4 is 0 Å². The van der Waals surface area contributed by atoms with Gasteiger partial charge in [-0.1, -0.05) is 36.4 Å². The lowest BCUT2D eigenvalue weighted by atomic mass is 10.1. The first-order chi connectivity index (χ1) is 11.7. The zero-order valence-corrected chi connectivity index (χ0v) is 13.5. The molecule has 1 aromatic heterocycles. The van der Waals surface area contributed by atoms with E-state index in [-0.39, 0.29) is 12.1 Å². The number of hydrogen-bond donors (Lipinski definition) is 2. The molecule has 4 rings (SSSR count). The van der Waals surface area contributed by atoms with Gasteiger partial charge in [0.1, 0.15) is 12.7 Å². The molecular formula is C19H20N4O. The molecule has 24 heavy (non-hydrogen) atoms. The van der Waals surface area contributed by atoms with E-state index in [2.05, 4.69) is 40.5 Å². The fourth-order valence-electron chi connectivity index (χ4n) is 3.40. The predicted octanol–water partition coefficient (Wildman–Crippen LogP) is 2.58. The second-order valence-corrected chi connectivity index (χ2v) is 6.27. The average Bonchev–Trinajstić information content (AvgIpc) is 3.25. The Morgan fingerprint density at radius 1 is 1.17 bits per heavy atom. The number of benzene rings is 2. The molecule has 5 heteroatoms. The number of aliphatic hydroxyl groups excluding tert-OH is 1. The van der Waals surface area contributed by atoms with E-state index in [1.54, 1.807) is 11.0 Å². The van der Waals surface area contributed by atoms with Gasteiger partial charge in [-0.05, 0) is 42.2 Å². The monoisotopic (exact) mass is 320 g/mol. The SMILES string of the molecule is CC(NC1Cc2ccccc2C1O)c1ccc(-n2cncn2)cc1.